The third kappa shape index (κ3) is 4.25. The first kappa shape index (κ1) is 17.2. The number of hydrogen-bond acceptors (Lipinski definition) is 4. The van der Waals surface area contributed by atoms with Gasteiger partial charge in [-0.15, -0.1) is 0 Å². The van der Waals surface area contributed by atoms with Gasteiger partial charge in [0.15, 0.2) is 0 Å². The fourth-order valence-electron chi connectivity index (χ4n) is 3.21. The molecule has 0 N–H and O–H groups in total. The summed E-state index contributed by atoms with van der Waals surface area (Å²) in [7, 11) is 0. The Morgan fingerprint density at radius 1 is 1.04 bits per heavy atom. The Labute approximate surface area is 148 Å². The highest BCUT2D eigenvalue weighted by Gasteiger charge is 2.17. The summed E-state index contributed by atoms with van der Waals surface area (Å²) in [6.07, 6.45) is 3.87. The molecule has 2 aromatic rings. The summed E-state index contributed by atoms with van der Waals surface area (Å²) in [5.41, 5.74) is 3.44. The third-order valence-corrected chi connectivity index (χ3v) is 4.62. The fourth-order valence-corrected chi connectivity index (χ4v) is 3.21. The van der Waals surface area contributed by atoms with Crippen molar-refractivity contribution in [3.05, 3.63) is 75.8 Å². The molecule has 0 aliphatic carbocycles. The molecule has 0 saturated carbocycles. The molecule has 1 fully saturated rings. The van der Waals surface area contributed by atoms with E-state index in [4.69, 9.17) is 0 Å². The Morgan fingerprint density at radius 3 is 2.44 bits per heavy atom. The molecule has 2 aromatic carbocycles. The van der Waals surface area contributed by atoms with E-state index in [1.54, 1.807) is 18.2 Å². The molecule has 0 spiro atoms. The van der Waals surface area contributed by atoms with Gasteiger partial charge in [0, 0.05) is 44.5 Å². The molecule has 3 rings (SSSR count). The van der Waals surface area contributed by atoms with Crippen LogP contribution in [0.25, 0.3) is 6.08 Å². The van der Waals surface area contributed by atoms with Gasteiger partial charge in [-0.3, -0.25) is 15.0 Å². The van der Waals surface area contributed by atoms with Gasteiger partial charge in [0.1, 0.15) is 0 Å². The van der Waals surface area contributed by atoms with E-state index in [0.717, 1.165) is 32.7 Å². The Hall–Kier alpha value is -2.66. The highest BCUT2D eigenvalue weighted by atomic mass is 16.6. The summed E-state index contributed by atoms with van der Waals surface area (Å²) in [4.78, 5) is 15.5. The molecule has 1 aliphatic heterocycles. The van der Waals surface area contributed by atoms with Crippen molar-refractivity contribution in [1.82, 2.24) is 4.90 Å². The first-order valence-corrected chi connectivity index (χ1v) is 8.58. The number of benzene rings is 2. The highest BCUT2D eigenvalue weighted by Crippen LogP contribution is 2.21. The largest absolute Gasteiger partial charge is 0.369 e. The smallest absolute Gasteiger partial charge is 0.276 e. The van der Waals surface area contributed by atoms with Crippen molar-refractivity contribution in [3.8, 4) is 0 Å². The minimum Gasteiger partial charge on any atom is -0.369 e. The van der Waals surface area contributed by atoms with Gasteiger partial charge >= 0.3 is 0 Å². The minimum absolute atomic E-state index is 0.156. The molecule has 1 aliphatic rings. The number of piperazine rings is 1. The predicted molar refractivity (Wildman–Crippen MR) is 102 cm³/mol. The molecular weight excluding hydrogens is 314 g/mol. The molecule has 0 aromatic heterocycles. The molecule has 0 radical (unpaired) electrons. The minimum atomic E-state index is -0.333. The molecule has 0 unspecified atom stereocenters. The number of nitro groups is 1. The lowest BCUT2D eigenvalue weighted by Crippen LogP contribution is -2.46. The molecular formula is C20H23N3O2. The van der Waals surface area contributed by atoms with E-state index < -0.39 is 0 Å². The maximum atomic E-state index is 11.0. The first-order chi connectivity index (χ1) is 12.1. The van der Waals surface area contributed by atoms with Gasteiger partial charge in [-0.05, 0) is 24.6 Å². The van der Waals surface area contributed by atoms with Crippen molar-refractivity contribution in [2.24, 2.45) is 0 Å². The summed E-state index contributed by atoms with van der Waals surface area (Å²) >= 11 is 0. The molecule has 130 valence electrons. The fraction of sp³-hybridized carbons (Fsp3) is 0.300. The van der Waals surface area contributed by atoms with Crippen molar-refractivity contribution in [2.45, 2.75) is 6.92 Å². The van der Waals surface area contributed by atoms with E-state index in [1.165, 1.54) is 11.3 Å². The SMILES string of the molecule is Cc1ccccc1N1CCN(CC=Cc2ccccc2[N+](=O)[O-])CC1. The summed E-state index contributed by atoms with van der Waals surface area (Å²) in [6, 6.07) is 15.3. The Kier molecular flexibility index (Phi) is 5.46. The first-order valence-electron chi connectivity index (χ1n) is 8.58. The van der Waals surface area contributed by atoms with Crippen LogP contribution in [0.5, 0.6) is 0 Å². The number of para-hydroxylation sites is 2. The van der Waals surface area contributed by atoms with Gasteiger partial charge < -0.3 is 4.90 Å². The second-order valence-electron chi connectivity index (χ2n) is 6.29. The summed E-state index contributed by atoms with van der Waals surface area (Å²) in [6.45, 7) is 6.96. The average molecular weight is 337 g/mol. The van der Waals surface area contributed by atoms with Crippen molar-refractivity contribution in [1.29, 1.82) is 0 Å². The lowest BCUT2D eigenvalue weighted by Gasteiger charge is -2.36. The van der Waals surface area contributed by atoms with Crippen molar-refractivity contribution in [3.63, 3.8) is 0 Å². The van der Waals surface area contributed by atoms with E-state index in [1.807, 2.05) is 18.2 Å². The van der Waals surface area contributed by atoms with Gasteiger partial charge in [0.05, 0.1) is 10.5 Å². The number of hydrogen-bond donors (Lipinski definition) is 0. The molecule has 5 nitrogen and oxygen atoms in total. The van der Waals surface area contributed by atoms with Crippen LogP contribution in [-0.4, -0.2) is 42.5 Å². The van der Waals surface area contributed by atoms with E-state index in [9.17, 15) is 10.1 Å². The second-order valence-corrected chi connectivity index (χ2v) is 6.29. The van der Waals surface area contributed by atoms with Gasteiger partial charge in [-0.1, -0.05) is 42.5 Å². The zero-order valence-electron chi connectivity index (χ0n) is 14.5. The number of rotatable bonds is 5. The topological polar surface area (TPSA) is 49.6 Å². The lowest BCUT2D eigenvalue weighted by molar-refractivity contribution is -0.385. The molecule has 0 amide bonds. The van der Waals surface area contributed by atoms with Gasteiger partial charge in [0.2, 0.25) is 0 Å². The predicted octanol–water partition coefficient (Wildman–Crippen LogP) is 3.74. The quantitative estimate of drug-likeness (QED) is 0.616. The molecule has 0 bridgehead atoms. The molecule has 0 atom stereocenters. The van der Waals surface area contributed by atoms with Crippen LogP contribution in [0, 0.1) is 17.0 Å². The number of anilines is 1. The Bertz CT molecular complexity index is 765. The maximum absolute atomic E-state index is 11.0. The van der Waals surface area contributed by atoms with Gasteiger partial charge in [0.25, 0.3) is 5.69 Å². The van der Waals surface area contributed by atoms with Crippen LogP contribution >= 0.6 is 0 Å². The van der Waals surface area contributed by atoms with Crippen LogP contribution in [0.3, 0.4) is 0 Å². The monoisotopic (exact) mass is 337 g/mol. The van der Waals surface area contributed by atoms with E-state index >= 15 is 0 Å². The summed E-state index contributed by atoms with van der Waals surface area (Å²) in [5, 5.41) is 11.0. The third-order valence-electron chi connectivity index (χ3n) is 4.62. The lowest BCUT2D eigenvalue weighted by atomic mass is 10.1. The molecule has 25 heavy (non-hydrogen) atoms. The van der Waals surface area contributed by atoms with Crippen molar-refractivity contribution >= 4 is 17.5 Å². The Balaban J connectivity index is 1.55. The average Bonchev–Trinajstić information content (AvgIpc) is 2.63. The molecule has 1 saturated heterocycles. The van der Waals surface area contributed by atoms with Crippen LogP contribution in [0.1, 0.15) is 11.1 Å². The maximum Gasteiger partial charge on any atom is 0.276 e. The van der Waals surface area contributed by atoms with Crippen LogP contribution in [0.2, 0.25) is 0 Å². The second kappa shape index (κ2) is 7.94. The Morgan fingerprint density at radius 2 is 1.72 bits per heavy atom. The normalized spacial score (nSPS) is 15.6. The number of aryl methyl sites for hydroxylation is 1. The van der Waals surface area contributed by atoms with Crippen LogP contribution in [-0.2, 0) is 0 Å². The molecule has 1 heterocycles. The van der Waals surface area contributed by atoms with Crippen molar-refractivity contribution in [2.75, 3.05) is 37.6 Å². The van der Waals surface area contributed by atoms with Crippen LogP contribution in [0.15, 0.2) is 54.6 Å². The summed E-state index contributed by atoms with van der Waals surface area (Å²) in [5.74, 6) is 0. The zero-order chi connectivity index (χ0) is 17.6. The van der Waals surface area contributed by atoms with E-state index in [0.29, 0.717) is 5.56 Å². The van der Waals surface area contributed by atoms with E-state index in [-0.39, 0.29) is 10.6 Å². The van der Waals surface area contributed by atoms with Crippen LogP contribution in [0.4, 0.5) is 11.4 Å². The zero-order valence-corrected chi connectivity index (χ0v) is 14.5. The molecule has 5 heteroatoms. The van der Waals surface area contributed by atoms with Gasteiger partial charge in [-0.25, -0.2) is 0 Å². The standard InChI is InChI=1S/C20H23N3O2/c1-17-7-2-4-10-19(17)22-15-13-21(14-16-22)12-6-9-18-8-3-5-11-20(18)23(24)25/h2-11H,12-16H2,1H3. The van der Waals surface area contributed by atoms with E-state index in [2.05, 4.69) is 41.0 Å². The number of nitrogens with zero attached hydrogens (tertiary/aromatic N) is 3. The number of nitro benzene ring substituents is 1. The van der Waals surface area contributed by atoms with Crippen molar-refractivity contribution < 1.29 is 4.92 Å². The van der Waals surface area contributed by atoms with Crippen LogP contribution < -0.4 is 4.90 Å². The van der Waals surface area contributed by atoms with Gasteiger partial charge in [-0.2, -0.15) is 0 Å². The summed E-state index contributed by atoms with van der Waals surface area (Å²) < 4.78 is 0. The highest BCUT2D eigenvalue weighted by molar-refractivity contribution is 5.60.